The molecule has 0 heteroatoms. The zero-order valence-electron chi connectivity index (χ0n) is 8.88. The molecule has 0 aromatic rings. The van der Waals surface area contributed by atoms with E-state index in [1.54, 1.807) is 0 Å². The van der Waals surface area contributed by atoms with Crippen molar-refractivity contribution >= 4 is 0 Å². The normalized spacial score (nSPS) is 52.2. The number of hydrogen-bond donors (Lipinski definition) is 0. The van der Waals surface area contributed by atoms with E-state index in [-0.39, 0.29) is 0 Å². The van der Waals surface area contributed by atoms with Crippen LogP contribution in [0.15, 0.2) is 0 Å². The molecule has 70 valence electrons. The van der Waals surface area contributed by atoms with Gasteiger partial charge in [0.25, 0.3) is 0 Å². The lowest BCUT2D eigenvalue weighted by Crippen LogP contribution is -2.39. The van der Waals surface area contributed by atoms with E-state index in [4.69, 9.17) is 0 Å². The molecule has 4 unspecified atom stereocenters. The summed E-state index contributed by atoms with van der Waals surface area (Å²) in [6.07, 6.45) is 3.07. The molecule has 2 fully saturated rings. The third-order valence-electron chi connectivity index (χ3n) is 4.82. The highest BCUT2D eigenvalue weighted by Crippen LogP contribution is 2.57. The van der Waals surface area contributed by atoms with Gasteiger partial charge in [-0.15, -0.1) is 0 Å². The van der Waals surface area contributed by atoms with Crippen molar-refractivity contribution in [2.24, 2.45) is 35.5 Å². The van der Waals surface area contributed by atoms with Crippen LogP contribution in [0.1, 0.15) is 40.5 Å². The zero-order chi connectivity index (χ0) is 8.88. The highest BCUT2D eigenvalue weighted by Gasteiger charge is 2.50. The highest BCUT2D eigenvalue weighted by atomic mass is 14.6. The molecule has 0 spiro atoms. The van der Waals surface area contributed by atoms with Crippen molar-refractivity contribution in [1.82, 2.24) is 0 Å². The molecule has 0 aliphatic heterocycles. The van der Waals surface area contributed by atoms with E-state index in [1.807, 2.05) is 0 Å². The first kappa shape index (κ1) is 8.59. The summed E-state index contributed by atoms with van der Waals surface area (Å²) >= 11 is 0. The molecule has 0 heterocycles. The molecule has 12 heavy (non-hydrogen) atoms. The molecular weight excluding hydrogens is 144 g/mol. The summed E-state index contributed by atoms with van der Waals surface area (Å²) in [5.74, 6) is 6.24. The molecule has 2 saturated carbocycles. The minimum absolute atomic E-state index is 0.926. The average Bonchev–Trinajstić information content (AvgIpc) is 2.43. The lowest BCUT2D eigenvalue weighted by atomic mass is 9.60. The van der Waals surface area contributed by atoms with Gasteiger partial charge in [-0.05, 0) is 48.3 Å². The van der Waals surface area contributed by atoms with Gasteiger partial charge in [0.05, 0.1) is 0 Å². The van der Waals surface area contributed by atoms with Crippen LogP contribution in [0.5, 0.6) is 0 Å². The molecule has 0 saturated heterocycles. The molecule has 0 aromatic heterocycles. The Bertz CT molecular complexity index is 155. The van der Waals surface area contributed by atoms with Crippen molar-refractivity contribution in [2.45, 2.75) is 40.5 Å². The van der Waals surface area contributed by atoms with E-state index in [9.17, 15) is 0 Å². The van der Waals surface area contributed by atoms with Crippen LogP contribution in [0, 0.1) is 35.5 Å². The average molecular weight is 166 g/mol. The number of fused-ring (bicyclic) bond motifs is 1. The summed E-state index contributed by atoms with van der Waals surface area (Å²) in [7, 11) is 0. The van der Waals surface area contributed by atoms with Gasteiger partial charge in [-0.1, -0.05) is 27.7 Å². The number of rotatable bonds is 1. The Balaban J connectivity index is 1.98. The monoisotopic (exact) mass is 166 g/mol. The Morgan fingerprint density at radius 3 is 1.67 bits per heavy atom. The van der Waals surface area contributed by atoms with Gasteiger partial charge in [0.1, 0.15) is 0 Å². The summed E-state index contributed by atoms with van der Waals surface area (Å²) in [5, 5.41) is 0. The first-order valence-electron chi connectivity index (χ1n) is 5.61. The third-order valence-corrected chi connectivity index (χ3v) is 4.82. The van der Waals surface area contributed by atoms with E-state index in [2.05, 4.69) is 27.7 Å². The quantitative estimate of drug-likeness (QED) is 0.558. The first-order valence-corrected chi connectivity index (χ1v) is 5.61. The van der Waals surface area contributed by atoms with Gasteiger partial charge in [-0.2, -0.15) is 0 Å². The predicted molar refractivity (Wildman–Crippen MR) is 52.9 cm³/mol. The van der Waals surface area contributed by atoms with Gasteiger partial charge in [0.2, 0.25) is 0 Å². The molecule has 0 bridgehead atoms. The highest BCUT2D eigenvalue weighted by molar-refractivity contribution is 4.99. The Hall–Kier alpha value is 0. The maximum Gasteiger partial charge on any atom is -0.0352 e. The van der Waals surface area contributed by atoms with Crippen LogP contribution in [-0.4, -0.2) is 0 Å². The molecule has 0 N–H and O–H groups in total. The van der Waals surface area contributed by atoms with E-state index in [0.717, 1.165) is 35.5 Å². The van der Waals surface area contributed by atoms with Crippen LogP contribution in [-0.2, 0) is 0 Å². The Labute approximate surface area is 76.7 Å². The summed E-state index contributed by atoms with van der Waals surface area (Å²) in [5.41, 5.74) is 0. The van der Waals surface area contributed by atoms with Gasteiger partial charge >= 0.3 is 0 Å². The minimum atomic E-state index is 0.926. The Kier molecular flexibility index (Phi) is 1.97. The van der Waals surface area contributed by atoms with Gasteiger partial charge < -0.3 is 0 Å². The molecule has 0 amide bonds. The fourth-order valence-electron chi connectivity index (χ4n) is 3.53. The lowest BCUT2D eigenvalue weighted by molar-refractivity contribution is 0.0302. The maximum absolute atomic E-state index is 2.45. The summed E-state index contributed by atoms with van der Waals surface area (Å²) in [6, 6.07) is 0. The summed E-state index contributed by atoms with van der Waals surface area (Å²) in [6.45, 7) is 9.69. The molecule has 2 aliphatic carbocycles. The van der Waals surface area contributed by atoms with Crippen molar-refractivity contribution in [2.75, 3.05) is 0 Å². The van der Waals surface area contributed by atoms with Gasteiger partial charge in [-0.25, -0.2) is 0 Å². The molecule has 2 rings (SSSR count). The second-order valence-corrected chi connectivity index (χ2v) is 5.52. The number of hydrogen-bond acceptors (Lipinski definition) is 0. The van der Waals surface area contributed by atoms with Crippen molar-refractivity contribution in [3.63, 3.8) is 0 Å². The predicted octanol–water partition coefficient (Wildman–Crippen LogP) is 3.57. The second-order valence-electron chi connectivity index (χ2n) is 5.52. The van der Waals surface area contributed by atoms with Gasteiger partial charge in [-0.3, -0.25) is 0 Å². The van der Waals surface area contributed by atoms with E-state index in [0.29, 0.717) is 0 Å². The molecule has 0 aromatic carbocycles. The molecule has 4 atom stereocenters. The molecule has 0 nitrogen and oxygen atoms in total. The van der Waals surface area contributed by atoms with E-state index < -0.39 is 0 Å². The topological polar surface area (TPSA) is 0 Å². The van der Waals surface area contributed by atoms with Crippen molar-refractivity contribution in [3.05, 3.63) is 0 Å². The van der Waals surface area contributed by atoms with Crippen LogP contribution < -0.4 is 0 Å². The second kappa shape index (κ2) is 2.75. The largest absolute Gasteiger partial charge is 0.0625 e. The smallest absolute Gasteiger partial charge is 0.0352 e. The Morgan fingerprint density at radius 2 is 1.33 bits per heavy atom. The fraction of sp³-hybridized carbons (Fsp3) is 1.00. The van der Waals surface area contributed by atoms with Crippen LogP contribution in [0.25, 0.3) is 0 Å². The van der Waals surface area contributed by atoms with E-state index in [1.165, 1.54) is 12.8 Å². The minimum Gasteiger partial charge on any atom is -0.0625 e. The molecule has 0 radical (unpaired) electrons. The van der Waals surface area contributed by atoms with Crippen LogP contribution in [0.3, 0.4) is 0 Å². The summed E-state index contributed by atoms with van der Waals surface area (Å²) < 4.78 is 0. The van der Waals surface area contributed by atoms with Crippen molar-refractivity contribution in [1.29, 1.82) is 0 Å². The van der Waals surface area contributed by atoms with Crippen LogP contribution in [0.2, 0.25) is 0 Å². The van der Waals surface area contributed by atoms with Crippen molar-refractivity contribution in [3.8, 4) is 0 Å². The Morgan fingerprint density at radius 1 is 0.917 bits per heavy atom. The van der Waals surface area contributed by atoms with Crippen LogP contribution >= 0.6 is 0 Å². The van der Waals surface area contributed by atoms with Gasteiger partial charge in [0, 0.05) is 0 Å². The molecular formula is C12H22. The van der Waals surface area contributed by atoms with Gasteiger partial charge in [0.15, 0.2) is 0 Å². The standard InChI is InChI=1S/C12H22/c1-7(2)10-5-11-8(3)9(4)12(11)6-10/h7-12H,5-6H2,1-4H3. The summed E-state index contributed by atoms with van der Waals surface area (Å²) in [4.78, 5) is 0. The lowest BCUT2D eigenvalue weighted by Gasteiger charge is -2.45. The first-order chi connectivity index (χ1) is 5.61. The fourth-order valence-corrected chi connectivity index (χ4v) is 3.53. The zero-order valence-corrected chi connectivity index (χ0v) is 8.88. The van der Waals surface area contributed by atoms with E-state index >= 15 is 0 Å². The molecule has 2 aliphatic rings. The van der Waals surface area contributed by atoms with Crippen LogP contribution in [0.4, 0.5) is 0 Å². The van der Waals surface area contributed by atoms with Crippen molar-refractivity contribution < 1.29 is 0 Å². The third kappa shape index (κ3) is 1.03. The maximum atomic E-state index is 2.45. The SMILES string of the molecule is CC(C)C1CC2C(C)C(C)C2C1.